The third-order valence-corrected chi connectivity index (χ3v) is 3.46. The first-order chi connectivity index (χ1) is 7.69. The normalized spacial score (nSPS) is 10.5. The maximum absolute atomic E-state index is 2.38. The summed E-state index contributed by atoms with van der Waals surface area (Å²) in [7, 11) is 0. The van der Waals surface area contributed by atoms with Gasteiger partial charge in [0.15, 0.2) is 0 Å². The van der Waals surface area contributed by atoms with Gasteiger partial charge in [-0.1, -0.05) is 73.6 Å². The van der Waals surface area contributed by atoms with E-state index in [9.17, 15) is 0 Å². The number of nitrogens with zero attached hydrogens (tertiary/aromatic N) is 1. The Bertz CT molecular complexity index is 98.5. The van der Waals surface area contributed by atoms with Crippen LogP contribution in [0.5, 0.6) is 0 Å². The van der Waals surface area contributed by atoms with Gasteiger partial charge in [0, 0.05) is 0 Å². The average Bonchev–Trinajstić information content (AvgIpc) is 2.34. The van der Waals surface area contributed by atoms with Crippen LogP contribution >= 0.6 is 0 Å². The second-order valence-electron chi connectivity index (χ2n) is 4.44. The zero-order valence-electron chi connectivity index (χ0n) is 12.7. The Kier molecular flexibility index (Phi) is 17.1. The van der Waals surface area contributed by atoms with Gasteiger partial charge in [-0.05, 0) is 25.6 Å². The van der Waals surface area contributed by atoms with E-state index in [-0.39, 0.29) is 0 Å². The molecule has 0 heterocycles. The van der Waals surface area contributed by atoms with Crippen LogP contribution in [0.15, 0.2) is 0 Å². The highest BCUT2D eigenvalue weighted by molar-refractivity contribution is 4.53. The molecule has 0 spiro atoms. The molecule has 16 heavy (non-hydrogen) atoms. The molecule has 0 aliphatic heterocycles. The van der Waals surface area contributed by atoms with E-state index < -0.39 is 0 Å². The van der Waals surface area contributed by atoms with Gasteiger partial charge in [-0.25, -0.2) is 0 Å². The summed E-state index contributed by atoms with van der Waals surface area (Å²) < 4.78 is 0. The standard InChI is InChI=1S/C9H20.C6H15N/c1-4-7-8-9(5-2)6-3;1-4-7(5-2)6-3/h9H,4-8H2,1-3H3;4-6H2,1-3H3. The molecule has 0 saturated carbocycles. The average molecular weight is 229 g/mol. The van der Waals surface area contributed by atoms with Crippen molar-refractivity contribution in [3.63, 3.8) is 0 Å². The summed E-state index contributed by atoms with van der Waals surface area (Å²) in [6, 6.07) is 0. The maximum Gasteiger partial charge on any atom is -0.00474 e. The van der Waals surface area contributed by atoms with Gasteiger partial charge < -0.3 is 4.90 Å². The van der Waals surface area contributed by atoms with Gasteiger partial charge in [-0.2, -0.15) is 0 Å². The molecule has 0 fully saturated rings. The quantitative estimate of drug-likeness (QED) is 0.568. The zero-order chi connectivity index (χ0) is 12.8. The lowest BCUT2D eigenvalue weighted by Crippen LogP contribution is -2.21. The molecule has 1 nitrogen and oxygen atoms in total. The highest BCUT2D eigenvalue weighted by Gasteiger charge is 2.00. The first-order valence-corrected chi connectivity index (χ1v) is 7.42. The Labute approximate surface area is 105 Å². The molecule has 0 aromatic rings. The van der Waals surface area contributed by atoms with Crippen LogP contribution in [-0.2, 0) is 0 Å². The molecule has 1 heteroatoms. The first kappa shape index (κ1) is 18.3. The molecule has 0 radical (unpaired) electrons. The summed E-state index contributed by atoms with van der Waals surface area (Å²) in [5, 5.41) is 0. The van der Waals surface area contributed by atoms with Crippen molar-refractivity contribution < 1.29 is 0 Å². The molecular weight excluding hydrogens is 194 g/mol. The van der Waals surface area contributed by atoms with Crippen LogP contribution in [0.3, 0.4) is 0 Å². The van der Waals surface area contributed by atoms with E-state index in [1.165, 1.54) is 51.7 Å². The van der Waals surface area contributed by atoms with Gasteiger partial charge >= 0.3 is 0 Å². The van der Waals surface area contributed by atoms with E-state index in [0.29, 0.717) is 0 Å². The Morgan fingerprint density at radius 3 is 1.38 bits per heavy atom. The van der Waals surface area contributed by atoms with Crippen LogP contribution in [0.1, 0.15) is 73.6 Å². The van der Waals surface area contributed by atoms with Crippen LogP contribution < -0.4 is 0 Å². The highest BCUT2D eigenvalue weighted by atomic mass is 15.1. The summed E-state index contributed by atoms with van der Waals surface area (Å²) in [6.07, 6.45) is 6.97. The van der Waals surface area contributed by atoms with E-state index in [0.717, 1.165) is 5.92 Å². The molecule has 0 aliphatic carbocycles. The number of hydrogen-bond acceptors (Lipinski definition) is 1. The van der Waals surface area contributed by atoms with Gasteiger partial charge in [-0.15, -0.1) is 0 Å². The molecule has 0 rings (SSSR count). The number of hydrogen-bond donors (Lipinski definition) is 0. The van der Waals surface area contributed by atoms with Crippen LogP contribution in [0.4, 0.5) is 0 Å². The smallest absolute Gasteiger partial charge is 0.00474 e. The van der Waals surface area contributed by atoms with Crippen molar-refractivity contribution in [2.45, 2.75) is 73.6 Å². The van der Waals surface area contributed by atoms with Gasteiger partial charge in [-0.3, -0.25) is 0 Å². The molecular formula is C15H35N. The third-order valence-electron chi connectivity index (χ3n) is 3.46. The predicted octanol–water partition coefficient (Wildman–Crippen LogP) is 4.96. The van der Waals surface area contributed by atoms with Crippen molar-refractivity contribution in [1.82, 2.24) is 4.90 Å². The summed E-state index contributed by atoms with van der Waals surface area (Å²) in [5.41, 5.74) is 0. The van der Waals surface area contributed by atoms with Crippen LogP contribution in [0.25, 0.3) is 0 Å². The second kappa shape index (κ2) is 15.0. The monoisotopic (exact) mass is 229 g/mol. The Balaban J connectivity index is 0. The minimum absolute atomic E-state index is 1.00. The van der Waals surface area contributed by atoms with Gasteiger partial charge in [0.25, 0.3) is 0 Å². The molecule has 0 saturated heterocycles. The molecule has 0 aliphatic rings. The zero-order valence-corrected chi connectivity index (χ0v) is 12.7. The lowest BCUT2D eigenvalue weighted by molar-refractivity contribution is 0.321. The minimum atomic E-state index is 1.00. The highest BCUT2D eigenvalue weighted by Crippen LogP contribution is 2.15. The fraction of sp³-hybridized carbons (Fsp3) is 1.00. The predicted molar refractivity (Wildman–Crippen MR) is 77.1 cm³/mol. The summed E-state index contributed by atoms with van der Waals surface area (Å²) in [4.78, 5) is 2.38. The number of rotatable bonds is 8. The third kappa shape index (κ3) is 12.0. The SMILES string of the molecule is CCCCC(CC)CC.CCN(CC)CC. The topological polar surface area (TPSA) is 3.24 Å². The molecule has 0 bridgehead atoms. The Hall–Kier alpha value is -0.0400. The van der Waals surface area contributed by atoms with E-state index in [1.54, 1.807) is 0 Å². The van der Waals surface area contributed by atoms with Crippen LogP contribution in [0, 0.1) is 5.92 Å². The van der Waals surface area contributed by atoms with Gasteiger partial charge in [0.1, 0.15) is 0 Å². The first-order valence-electron chi connectivity index (χ1n) is 7.42. The molecule has 0 unspecified atom stereocenters. The number of unbranched alkanes of at least 4 members (excludes halogenated alkanes) is 1. The molecule has 0 aromatic heterocycles. The van der Waals surface area contributed by atoms with Gasteiger partial charge in [0.05, 0.1) is 0 Å². The van der Waals surface area contributed by atoms with Crippen molar-refractivity contribution in [3.05, 3.63) is 0 Å². The fourth-order valence-corrected chi connectivity index (χ4v) is 1.86. The van der Waals surface area contributed by atoms with E-state index in [2.05, 4.69) is 46.4 Å². The van der Waals surface area contributed by atoms with Crippen molar-refractivity contribution in [2.24, 2.45) is 5.92 Å². The Morgan fingerprint density at radius 2 is 1.19 bits per heavy atom. The van der Waals surface area contributed by atoms with Crippen molar-refractivity contribution >= 4 is 0 Å². The van der Waals surface area contributed by atoms with Crippen molar-refractivity contribution in [3.8, 4) is 0 Å². The summed E-state index contributed by atoms with van der Waals surface area (Å²) in [5.74, 6) is 1.00. The van der Waals surface area contributed by atoms with Crippen LogP contribution in [-0.4, -0.2) is 24.5 Å². The Morgan fingerprint density at radius 1 is 0.750 bits per heavy atom. The lowest BCUT2D eigenvalue weighted by atomic mass is 9.97. The maximum atomic E-state index is 2.38. The van der Waals surface area contributed by atoms with E-state index in [1.807, 2.05) is 0 Å². The largest absolute Gasteiger partial charge is 0.304 e. The van der Waals surface area contributed by atoms with E-state index in [4.69, 9.17) is 0 Å². The van der Waals surface area contributed by atoms with E-state index >= 15 is 0 Å². The van der Waals surface area contributed by atoms with Crippen molar-refractivity contribution in [1.29, 1.82) is 0 Å². The molecule has 100 valence electrons. The minimum Gasteiger partial charge on any atom is -0.304 e. The molecule has 0 amide bonds. The van der Waals surface area contributed by atoms with Gasteiger partial charge in [0.2, 0.25) is 0 Å². The summed E-state index contributed by atoms with van der Waals surface area (Å²) in [6.45, 7) is 17.0. The molecule has 0 atom stereocenters. The molecule has 0 N–H and O–H groups in total. The van der Waals surface area contributed by atoms with Crippen molar-refractivity contribution in [2.75, 3.05) is 19.6 Å². The fourth-order valence-electron chi connectivity index (χ4n) is 1.86. The lowest BCUT2D eigenvalue weighted by Gasteiger charge is -2.13. The molecule has 0 aromatic carbocycles. The summed E-state index contributed by atoms with van der Waals surface area (Å²) >= 11 is 0. The second-order valence-corrected chi connectivity index (χ2v) is 4.44. The van der Waals surface area contributed by atoms with Crippen LogP contribution in [0.2, 0.25) is 0 Å².